The number of nitrogens with one attached hydrogen (secondary N) is 2. The first-order chi connectivity index (χ1) is 23.1. The number of ether oxygens (including phenoxy) is 1. The summed E-state index contributed by atoms with van der Waals surface area (Å²) in [5.41, 5.74) is 5.95. The summed E-state index contributed by atoms with van der Waals surface area (Å²) in [7, 11) is 0. The molecule has 2 amide bonds. The van der Waals surface area contributed by atoms with E-state index in [0.717, 1.165) is 47.0 Å². The summed E-state index contributed by atoms with van der Waals surface area (Å²) in [6.45, 7) is 13.7. The predicted octanol–water partition coefficient (Wildman–Crippen LogP) is 9.41. The highest BCUT2D eigenvalue weighted by molar-refractivity contribution is 6.07. The van der Waals surface area contributed by atoms with Crippen LogP contribution in [0.15, 0.2) is 90.1 Å². The van der Waals surface area contributed by atoms with Crippen LogP contribution in [0, 0.1) is 5.92 Å². The molecule has 0 saturated carbocycles. The molecule has 0 unspecified atom stereocenters. The Hall–Kier alpha value is -4.98. The van der Waals surface area contributed by atoms with Gasteiger partial charge in [-0.1, -0.05) is 71.9 Å². The Morgan fingerprint density at radius 2 is 1.52 bits per heavy atom. The summed E-state index contributed by atoms with van der Waals surface area (Å²) < 4.78 is 7.87. The number of fused-ring (bicyclic) bond motifs is 1. The van der Waals surface area contributed by atoms with Crippen molar-refractivity contribution in [1.29, 1.82) is 0 Å². The molecule has 5 rings (SSSR count). The van der Waals surface area contributed by atoms with Gasteiger partial charge in [0.05, 0.1) is 6.61 Å². The standard InChI is InChI=1S/C40H47N5O3/c1-26(2)19-23-45-38-34(16-9-20-42-38)35(30-12-7-13-31(25-30)48-24-10-11-29-17-21-41-22-18-29)37(39(45)46)44-40(47)43-36-32(27(3)4)14-8-15-33(36)28(5)6/h7-9,12-18,20-22,25-28H,10-11,19,23-24H2,1-6H3,(H2,43,44,47). The van der Waals surface area contributed by atoms with Crippen molar-refractivity contribution in [3.8, 4) is 16.9 Å². The van der Waals surface area contributed by atoms with Crippen molar-refractivity contribution in [1.82, 2.24) is 14.5 Å². The quantitative estimate of drug-likeness (QED) is 0.124. The van der Waals surface area contributed by atoms with E-state index in [1.807, 2.05) is 66.7 Å². The van der Waals surface area contributed by atoms with Crippen molar-refractivity contribution < 1.29 is 9.53 Å². The number of aromatic nitrogens is 3. The molecule has 0 aliphatic carbocycles. The number of urea groups is 1. The first-order valence-corrected chi connectivity index (χ1v) is 17.0. The van der Waals surface area contributed by atoms with E-state index in [4.69, 9.17) is 4.74 Å². The van der Waals surface area contributed by atoms with Crippen LogP contribution >= 0.6 is 0 Å². The Labute approximate surface area is 283 Å². The Bertz CT molecular complexity index is 1890. The average molecular weight is 646 g/mol. The van der Waals surface area contributed by atoms with Gasteiger partial charge in [-0.15, -0.1) is 0 Å². The van der Waals surface area contributed by atoms with Gasteiger partial charge in [0.25, 0.3) is 5.56 Å². The molecule has 8 nitrogen and oxygen atoms in total. The number of nitrogens with zero attached hydrogens (tertiary/aromatic N) is 3. The van der Waals surface area contributed by atoms with E-state index in [-0.39, 0.29) is 23.1 Å². The fourth-order valence-corrected chi connectivity index (χ4v) is 6.00. The zero-order valence-electron chi connectivity index (χ0n) is 28.9. The highest BCUT2D eigenvalue weighted by Gasteiger charge is 2.23. The van der Waals surface area contributed by atoms with Gasteiger partial charge in [-0.05, 0) is 95.7 Å². The predicted molar refractivity (Wildman–Crippen MR) is 196 cm³/mol. The first-order valence-electron chi connectivity index (χ1n) is 17.0. The van der Waals surface area contributed by atoms with E-state index in [2.05, 4.69) is 62.1 Å². The van der Waals surface area contributed by atoms with Crippen LogP contribution < -0.4 is 20.9 Å². The normalized spacial score (nSPS) is 11.4. The summed E-state index contributed by atoms with van der Waals surface area (Å²) in [6.07, 6.45) is 7.82. The zero-order chi connectivity index (χ0) is 34.2. The molecule has 250 valence electrons. The fourth-order valence-electron chi connectivity index (χ4n) is 6.00. The topological polar surface area (TPSA) is 98.1 Å². The van der Waals surface area contributed by atoms with Gasteiger partial charge in [0.2, 0.25) is 0 Å². The minimum atomic E-state index is -0.467. The molecular weight excluding hydrogens is 598 g/mol. The third-order valence-electron chi connectivity index (χ3n) is 8.55. The zero-order valence-corrected chi connectivity index (χ0v) is 28.9. The van der Waals surface area contributed by atoms with Crippen LogP contribution in [0.4, 0.5) is 16.2 Å². The molecule has 0 aliphatic heterocycles. The number of carbonyl (C=O) groups is 1. The molecule has 3 aromatic heterocycles. The van der Waals surface area contributed by atoms with Gasteiger partial charge in [-0.2, -0.15) is 0 Å². The maximum atomic E-state index is 14.4. The Morgan fingerprint density at radius 1 is 0.833 bits per heavy atom. The molecule has 2 N–H and O–H groups in total. The van der Waals surface area contributed by atoms with Gasteiger partial charge in [0.1, 0.15) is 17.1 Å². The molecule has 0 atom stereocenters. The van der Waals surface area contributed by atoms with E-state index in [1.165, 1.54) is 5.56 Å². The number of rotatable bonds is 13. The van der Waals surface area contributed by atoms with E-state index < -0.39 is 6.03 Å². The molecule has 8 heteroatoms. The number of hydrogen-bond donors (Lipinski definition) is 2. The molecule has 2 aromatic carbocycles. The van der Waals surface area contributed by atoms with Crippen LogP contribution in [0.2, 0.25) is 0 Å². The van der Waals surface area contributed by atoms with Crippen molar-refractivity contribution in [3.63, 3.8) is 0 Å². The summed E-state index contributed by atoms with van der Waals surface area (Å²) in [4.78, 5) is 37.1. The third-order valence-corrected chi connectivity index (χ3v) is 8.55. The van der Waals surface area contributed by atoms with Gasteiger partial charge in [0.15, 0.2) is 0 Å². The lowest BCUT2D eigenvalue weighted by Gasteiger charge is -2.22. The van der Waals surface area contributed by atoms with Crippen LogP contribution in [0.5, 0.6) is 5.75 Å². The fraction of sp³-hybridized carbons (Fsp3) is 0.350. The number of pyridine rings is 3. The number of benzene rings is 2. The summed E-state index contributed by atoms with van der Waals surface area (Å²) in [5.74, 6) is 1.46. The van der Waals surface area contributed by atoms with Crippen LogP contribution in [0.3, 0.4) is 0 Å². The highest BCUT2D eigenvalue weighted by atomic mass is 16.5. The Balaban J connectivity index is 1.55. The maximum Gasteiger partial charge on any atom is 0.323 e. The smallest absolute Gasteiger partial charge is 0.323 e. The van der Waals surface area contributed by atoms with E-state index >= 15 is 0 Å². The lowest BCUT2D eigenvalue weighted by molar-refractivity contribution is 0.262. The van der Waals surface area contributed by atoms with Gasteiger partial charge >= 0.3 is 6.03 Å². The second-order valence-corrected chi connectivity index (χ2v) is 13.3. The molecule has 48 heavy (non-hydrogen) atoms. The van der Waals surface area contributed by atoms with Gasteiger partial charge in [-0.3, -0.25) is 14.3 Å². The lowest BCUT2D eigenvalue weighted by Crippen LogP contribution is -2.30. The van der Waals surface area contributed by atoms with E-state index in [1.54, 1.807) is 23.2 Å². The largest absolute Gasteiger partial charge is 0.494 e. The van der Waals surface area contributed by atoms with Crippen molar-refractivity contribution in [3.05, 3.63) is 112 Å². The molecule has 0 bridgehead atoms. The monoisotopic (exact) mass is 645 g/mol. The van der Waals surface area contributed by atoms with Crippen molar-refractivity contribution in [2.45, 2.75) is 79.2 Å². The summed E-state index contributed by atoms with van der Waals surface area (Å²) in [6, 6.07) is 21.2. The second kappa shape index (κ2) is 15.7. The Kier molecular flexibility index (Phi) is 11.3. The minimum absolute atomic E-state index is 0.196. The molecule has 0 saturated heterocycles. The number of para-hydroxylation sites is 1. The van der Waals surface area contributed by atoms with Gasteiger partial charge in [-0.25, -0.2) is 9.78 Å². The van der Waals surface area contributed by atoms with Gasteiger partial charge in [0, 0.05) is 41.8 Å². The van der Waals surface area contributed by atoms with Crippen LogP contribution in [-0.2, 0) is 13.0 Å². The van der Waals surface area contributed by atoms with E-state index in [9.17, 15) is 9.59 Å². The molecule has 5 aromatic rings. The Morgan fingerprint density at radius 3 is 2.21 bits per heavy atom. The number of hydrogen-bond acceptors (Lipinski definition) is 5. The molecular formula is C40H47N5O3. The minimum Gasteiger partial charge on any atom is -0.494 e. The number of carbonyl (C=O) groups excluding carboxylic acids is 1. The molecule has 0 aliphatic rings. The van der Waals surface area contributed by atoms with Crippen molar-refractivity contribution >= 4 is 28.4 Å². The van der Waals surface area contributed by atoms with Crippen molar-refractivity contribution in [2.24, 2.45) is 5.92 Å². The second-order valence-electron chi connectivity index (χ2n) is 13.3. The third kappa shape index (κ3) is 8.11. The maximum absolute atomic E-state index is 14.4. The van der Waals surface area contributed by atoms with Crippen LogP contribution in [0.1, 0.15) is 82.9 Å². The molecule has 0 radical (unpaired) electrons. The summed E-state index contributed by atoms with van der Waals surface area (Å²) >= 11 is 0. The van der Waals surface area contributed by atoms with Crippen molar-refractivity contribution in [2.75, 3.05) is 17.2 Å². The highest BCUT2D eigenvalue weighted by Crippen LogP contribution is 2.36. The average Bonchev–Trinajstić information content (AvgIpc) is 3.07. The number of aryl methyl sites for hydroxylation is 2. The number of amides is 2. The first kappa shape index (κ1) is 34.4. The molecule has 0 fully saturated rings. The van der Waals surface area contributed by atoms with Crippen LogP contribution in [0.25, 0.3) is 22.2 Å². The lowest BCUT2D eigenvalue weighted by atomic mass is 9.93. The SMILES string of the molecule is CC(C)CCn1c(=O)c(NC(=O)Nc2c(C(C)C)cccc2C(C)C)c(-c2cccc(OCCCc3ccncc3)c2)c2cccnc21. The number of anilines is 2. The van der Waals surface area contributed by atoms with Crippen LogP contribution in [-0.4, -0.2) is 27.2 Å². The summed E-state index contributed by atoms with van der Waals surface area (Å²) in [5, 5.41) is 6.92. The van der Waals surface area contributed by atoms with E-state index in [0.29, 0.717) is 36.0 Å². The molecule has 3 heterocycles. The molecule has 0 spiro atoms. The van der Waals surface area contributed by atoms with Gasteiger partial charge < -0.3 is 15.4 Å².